The average molecular weight is 602 g/mol. The van der Waals surface area contributed by atoms with Crippen LogP contribution in [0, 0.1) is 0 Å². The first-order valence-electron chi connectivity index (χ1n) is 15.7. The SMILES string of the molecule is c1ccc(-c2nc(-c3ccccc3)nc(-c3ccccc3-n3c4nc5ccccc5c-4c(-c4ccccc4)c4ccccc43)n2)cc1. The summed E-state index contributed by atoms with van der Waals surface area (Å²) in [6.07, 6.45) is 0. The van der Waals surface area contributed by atoms with Gasteiger partial charge in [0.1, 0.15) is 5.82 Å². The minimum atomic E-state index is 0.598. The summed E-state index contributed by atoms with van der Waals surface area (Å²) in [6.45, 7) is 0. The van der Waals surface area contributed by atoms with Crippen LogP contribution in [-0.2, 0) is 0 Å². The number of rotatable bonds is 5. The van der Waals surface area contributed by atoms with E-state index in [1.165, 1.54) is 5.56 Å². The summed E-state index contributed by atoms with van der Waals surface area (Å²) < 4.78 is 2.28. The lowest BCUT2D eigenvalue weighted by molar-refractivity contribution is 1.04. The van der Waals surface area contributed by atoms with Crippen molar-refractivity contribution in [1.29, 1.82) is 0 Å². The van der Waals surface area contributed by atoms with Gasteiger partial charge in [-0.05, 0) is 29.8 Å². The summed E-state index contributed by atoms with van der Waals surface area (Å²) in [4.78, 5) is 20.4. The van der Waals surface area contributed by atoms with Gasteiger partial charge in [0.25, 0.3) is 0 Å². The van der Waals surface area contributed by atoms with E-state index in [1.807, 2.05) is 66.7 Å². The maximum atomic E-state index is 5.30. The van der Waals surface area contributed by atoms with E-state index in [0.717, 1.165) is 61.1 Å². The van der Waals surface area contributed by atoms with E-state index in [0.29, 0.717) is 17.5 Å². The lowest BCUT2D eigenvalue weighted by Gasteiger charge is -2.22. The molecule has 2 aliphatic heterocycles. The molecule has 0 unspecified atom stereocenters. The molecule has 0 amide bonds. The summed E-state index contributed by atoms with van der Waals surface area (Å²) in [7, 11) is 0. The molecular weight excluding hydrogens is 574 g/mol. The van der Waals surface area contributed by atoms with Gasteiger partial charge in [0.05, 0.1) is 16.7 Å². The standard InChI is InChI=1S/C42H27N5/c1-4-16-28(17-5-1)37-32-23-11-14-26-35(32)47(42-38(37)31-22-10-13-25-34(31)43-42)36-27-15-12-24-33(36)41-45-39(29-18-6-2-7-19-29)44-40(46-41)30-20-8-3-9-21-30/h1-27H. The molecule has 220 valence electrons. The molecule has 3 heterocycles. The predicted molar refractivity (Wildman–Crippen MR) is 190 cm³/mol. The van der Waals surface area contributed by atoms with E-state index in [-0.39, 0.29) is 0 Å². The highest BCUT2D eigenvalue weighted by molar-refractivity contribution is 6.13. The number of benzene rings is 6. The van der Waals surface area contributed by atoms with E-state index in [2.05, 4.69) is 102 Å². The van der Waals surface area contributed by atoms with Gasteiger partial charge in [0, 0.05) is 38.6 Å². The maximum Gasteiger partial charge on any atom is 0.166 e. The summed E-state index contributed by atoms with van der Waals surface area (Å²) in [6, 6.07) is 56.1. The van der Waals surface area contributed by atoms with Crippen molar-refractivity contribution >= 4 is 21.8 Å². The van der Waals surface area contributed by atoms with Crippen LogP contribution in [0.4, 0.5) is 0 Å². The molecule has 0 saturated carbocycles. The van der Waals surface area contributed by atoms with Crippen LogP contribution in [0.25, 0.3) is 84.2 Å². The molecule has 1 aromatic heterocycles. The molecule has 2 aliphatic rings. The van der Waals surface area contributed by atoms with E-state index in [9.17, 15) is 0 Å². The van der Waals surface area contributed by atoms with Gasteiger partial charge in [-0.1, -0.05) is 140 Å². The fourth-order valence-corrected chi connectivity index (χ4v) is 6.55. The number of fused-ring (bicyclic) bond motifs is 4. The molecule has 5 heteroatoms. The smallest absolute Gasteiger partial charge is 0.166 e. The van der Waals surface area contributed by atoms with Gasteiger partial charge >= 0.3 is 0 Å². The van der Waals surface area contributed by atoms with Gasteiger partial charge in [-0.15, -0.1) is 0 Å². The molecular formula is C42H27N5. The van der Waals surface area contributed by atoms with Crippen molar-refractivity contribution in [2.24, 2.45) is 0 Å². The molecule has 0 fully saturated rings. The second kappa shape index (κ2) is 11.2. The topological polar surface area (TPSA) is 56.5 Å². The highest BCUT2D eigenvalue weighted by Gasteiger charge is 2.26. The number of pyridine rings is 1. The monoisotopic (exact) mass is 601 g/mol. The number of nitrogens with zero attached hydrogens (tertiary/aromatic N) is 5. The Morgan fingerprint density at radius 3 is 1.55 bits per heavy atom. The van der Waals surface area contributed by atoms with Crippen molar-refractivity contribution in [1.82, 2.24) is 24.5 Å². The van der Waals surface area contributed by atoms with Gasteiger partial charge in [0.15, 0.2) is 17.5 Å². The second-order valence-electron chi connectivity index (χ2n) is 11.5. The maximum absolute atomic E-state index is 5.30. The van der Waals surface area contributed by atoms with Crippen molar-refractivity contribution in [3.05, 3.63) is 164 Å². The lowest BCUT2D eigenvalue weighted by Crippen LogP contribution is -2.08. The molecule has 0 N–H and O–H groups in total. The molecule has 0 bridgehead atoms. The third-order valence-corrected chi connectivity index (χ3v) is 8.65. The summed E-state index contributed by atoms with van der Waals surface area (Å²) in [5, 5.41) is 2.26. The Labute approximate surface area is 271 Å². The molecule has 0 spiro atoms. The fourth-order valence-electron chi connectivity index (χ4n) is 6.55. The van der Waals surface area contributed by atoms with E-state index in [4.69, 9.17) is 19.9 Å². The van der Waals surface area contributed by atoms with Crippen LogP contribution in [0.5, 0.6) is 0 Å². The Bertz CT molecular complexity index is 2450. The van der Waals surface area contributed by atoms with Crippen LogP contribution in [0.2, 0.25) is 0 Å². The highest BCUT2D eigenvalue weighted by atomic mass is 15.1. The number of hydrogen-bond donors (Lipinski definition) is 0. The van der Waals surface area contributed by atoms with E-state index in [1.54, 1.807) is 0 Å². The molecule has 6 aromatic carbocycles. The molecule has 9 rings (SSSR count). The van der Waals surface area contributed by atoms with Crippen LogP contribution in [0.1, 0.15) is 0 Å². The van der Waals surface area contributed by atoms with Crippen LogP contribution >= 0.6 is 0 Å². The van der Waals surface area contributed by atoms with Gasteiger partial charge in [0.2, 0.25) is 0 Å². The zero-order valence-electron chi connectivity index (χ0n) is 25.3. The summed E-state index contributed by atoms with van der Waals surface area (Å²) in [5.74, 6) is 2.74. The third-order valence-electron chi connectivity index (χ3n) is 8.65. The number of hydrogen-bond acceptors (Lipinski definition) is 4. The van der Waals surface area contributed by atoms with Crippen LogP contribution < -0.4 is 0 Å². The largest absolute Gasteiger partial charge is 0.293 e. The number of aromatic nitrogens is 5. The fraction of sp³-hybridized carbons (Fsp3) is 0. The van der Waals surface area contributed by atoms with Gasteiger partial charge in [-0.3, -0.25) is 4.57 Å². The molecule has 0 saturated heterocycles. The normalized spacial score (nSPS) is 11.4. The minimum absolute atomic E-state index is 0.598. The van der Waals surface area contributed by atoms with Gasteiger partial charge < -0.3 is 0 Å². The lowest BCUT2D eigenvalue weighted by atomic mass is 9.92. The second-order valence-corrected chi connectivity index (χ2v) is 11.5. The molecule has 0 radical (unpaired) electrons. The van der Waals surface area contributed by atoms with E-state index >= 15 is 0 Å². The van der Waals surface area contributed by atoms with Crippen LogP contribution in [0.15, 0.2) is 164 Å². The first-order chi connectivity index (χ1) is 23.3. The first kappa shape index (κ1) is 26.9. The molecule has 0 aliphatic carbocycles. The van der Waals surface area contributed by atoms with Crippen LogP contribution in [0.3, 0.4) is 0 Å². The molecule has 47 heavy (non-hydrogen) atoms. The Kier molecular flexibility index (Phi) is 6.39. The van der Waals surface area contributed by atoms with E-state index < -0.39 is 0 Å². The van der Waals surface area contributed by atoms with Gasteiger partial charge in [-0.25, -0.2) is 19.9 Å². The summed E-state index contributed by atoms with van der Waals surface area (Å²) >= 11 is 0. The van der Waals surface area contributed by atoms with Crippen molar-refractivity contribution < 1.29 is 0 Å². The average Bonchev–Trinajstić information content (AvgIpc) is 3.53. The summed E-state index contributed by atoms with van der Waals surface area (Å²) in [5.41, 5.74) is 9.16. The van der Waals surface area contributed by atoms with Crippen LogP contribution in [-0.4, -0.2) is 24.5 Å². The Hall–Kier alpha value is -6.46. The third kappa shape index (κ3) is 4.56. The molecule has 5 nitrogen and oxygen atoms in total. The molecule has 0 atom stereocenters. The van der Waals surface area contributed by atoms with Crippen molar-refractivity contribution in [3.8, 4) is 62.4 Å². The Morgan fingerprint density at radius 1 is 0.362 bits per heavy atom. The highest BCUT2D eigenvalue weighted by Crippen LogP contribution is 2.46. The number of para-hydroxylation sites is 3. The van der Waals surface area contributed by atoms with Crippen molar-refractivity contribution in [3.63, 3.8) is 0 Å². The minimum Gasteiger partial charge on any atom is -0.293 e. The Balaban J connectivity index is 1.37. The first-order valence-corrected chi connectivity index (χ1v) is 15.7. The zero-order valence-corrected chi connectivity index (χ0v) is 25.3. The Morgan fingerprint density at radius 2 is 0.872 bits per heavy atom. The van der Waals surface area contributed by atoms with Crippen molar-refractivity contribution in [2.75, 3.05) is 0 Å². The van der Waals surface area contributed by atoms with Gasteiger partial charge in [-0.2, -0.15) is 0 Å². The predicted octanol–water partition coefficient (Wildman–Crippen LogP) is 10.1. The van der Waals surface area contributed by atoms with Crippen molar-refractivity contribution in [2.45, 2.75) is 0 Å². The quantitative estimate of drug-likeness (QED) is 0.197. The molecule has 7 aromatic rings. The zero-order chi connectivity index (χ0) is 31.2.